The first kappa shape index (κ1) is 26.1. The topological polar surface area (TPSA) is 139 Å². The zero-order valence-corrected chi connectivity index (χ0v) is 20.9. The lowest BCUT2D eigenvalue weighted by atomic mass is 9.79. The quantitative estimate of drug-likeness (QED) is 0.409. The third-order valence-electron chi connectivity index (χ3n) is 7.84. The second-order valence-corrected chi connectivity index (χ2v) is 10.3. The lowest BCUT2D eigenvalue weighted by molar-refractivity contribution is -0.0258. The molecule has 2 aliphatic rings. The molecule has 200 valence electrons. The number of aromatic nitrogens is 2. The highest BCUT2D eigenvalue weighted by Crippen LogP contribution is 2.45. The first-order valence-corrected chi connectivity index (χ1v) is 12.3. The second-order valence-electron chi connectivity index (χ2n) is 10.3. The molecule has 6 N–H and O–H groups in total. The van der Waals surface area contributed by atoms with Gasteiger partial charge in [-0.05, 0) is 38.0 Å². The van der Waals surface area contributed by atoms with Crippen LogP contribution in [0, 0.1) is 23.4 Å². The number of carbonyl (C=O) groups excluding carboxylic acids is 1. The summed E-state index contributed by atoms with van der Waals surface area (Å²) in [6.07, 6.45) is 1.49. The van der Waals surface area contributed by atoms with E-state index in [1.165, 1.54) is 6.20 Å². The van der Waals surface area contributed by atoms with Gasteiger partial charge in [-0.15, -0.1) is 0 Å². The number of hydrogen-bond donors (Lipinski definition) is 4. The molecular formula is C27H28F3N5O3. The van der Waals surface area contributed by atoms with Crippen molar-refractivity contribution in [2.45, 2.75) is 44.4 Å². The Bertz CT molecular complexity index is 1410. The van der Waals surface area contributed by atoms with Crippen LogP contribution in [0.15, 0.2) is 30.5 Å². The summed E-state index contributed by atoms with van der Waals surface area (Å²) in [6.45, 7) is 4.14. The van der Waals surface area contributed by atoms with E-state index in [4.69, 9.17) is 11.5 Å². The SMILES string of the molecule is C[C@H]1CN(c2c(-c3cc(F)c(-c4c(F)cccc4F)nc3C(N)=O)cnc3c2CCC3O)C[C@@H](N)C1(C)O. The zero-order chi connectivity index (χ0) is 27.5. The number of nitrogens with two attached hydrogens (primary N) is 2. The molecule has 3 aromatic rings. The van der Waals surface area contributed by atoms with E-state index in [1.54, 1.807) is 6.92 Å². The molecule has 0 spiro atoms. The second kappa shape index (κ2) is 9.33. The summed E-state index contributed by atoms with van der Waals surface area (Å²) in [4.78, 5) is 22.9. The van der Waals surface area contributed by atoms with Crippen molar-refractivity contribution in [2.24, 2.45) is 17.4 Å². The average molecular weight is 528 g/mol. The predicted molar refractivity (Wildman–Crippen MR) is 135 cm³/mol. The van der Waals surface area contributed by atoms with Crippen molar-refractivity contribution in [1.29, 1.82) is 0 Å². The van der Waals surface area contributed by atoms with Gasteiger partial charge in [0.25, 0.3) is 5.91 Å². The third kappa shape index (κ3) is 4.11. The maximum atomic E-state index is 15.5. The van der Waals surface area contributed by atoms with Crippen molar-refractivity contribution in [1.82, 2.24) is 9.97 Å². The van der Waals surface area contributed by atoms with Crippen LogP contribution in [0.3, 0.4) is 0 Å². The average Bonchev–Trinajstić information content (AvgIpc) is 3.23. The molecule has 4 atom stereocenters. The van der Waals surface area contributed by atoms with Crippen LogP contribution in [0.1, 0.15) is 48.1 Å². The van der Waals surface area contributed by atoms with E-state index in [0.29, 0.717) is 41.9 Å². The van der Waals surface area contributed by atoms with E-state index >= 15 is 4.39 Å². The first-order chi connectivity index (χ1) is 17.9. The minimum Gasteiger partial charge on any atom is -0.388 e. The largest absolute Gasteiger partial charge is 0.388 e. The number of carbonyl (C=O) groups is 1. The highest BCUT2D eigenvalue weighted by atomic mass is 19.1. The van der Waals surface area contributed by atoms with Crippen LogP contribution in [0.25, 0.3) is 22.4 Å². The molecular weight excluding hydrogens is 499 g/mol. The molecule has 5 rings (SSSR count). The minimum absolute atomic E-state index is 0.0132. The number of primary amides is 1. The number of anilines is 1. The van der Waals surface area contributed by atoms with E-state index in [-0.39, 0.29) is 18.0 Å². The van der Waals surface area contributed by atoms with Gasteiger partial charge in [0.2, 0.25) is 0 Å². The summed E-state index contributed by atoms with van der Waals surface area (Å²) in [5.74, 6) is -4.44. The Kier molecular flexibility index (Phi) is 6.41. The lowest BCUT2D eigenvalue weighted by Gasteiger charge is -2.47. The summed E-state index contributed by atoms with van der Waals surface area (Å²) >= 11 is 0. The number of halogens is 3. The van der Waals surface area contributed by atoms with Crippen molar-refractivity contribution < 1.29 is 28.2 Å². The van der Waals surface area contributed by atoms with Gasteiger partial charge in [-0.1, -0.05) is 13.0 Å². The van der Waals surface area contributed by atoms with E-state index in [9.17, 15) is 23.8 Å². The van der Waals surface area contributed by atoms with Gasteiger partial charge in [0.1, 0.15) is 28.8 Å². The molecule has 2 unspecified atom stereocenters. The maximum absolute atomic E-state index is 15.5. The maximum Gasteiger partial charge on any atom is 0.267 e. The van der Waals surface area contributed by atoms with Crippen molar-refractivity contribution in [3.05, 3.63) is 64.9 Å². The molecule has 1 fully saturated rings. The fourth-order valence-electron chi connectivity index (χ4n) is 5.41. The van der Waals surface area contributed by atoms with Gasteiger partial charge in [-0.25, -0.2) is 18.2 Å². The number of aliphatic hydroxyl groups is 2. The Hall–Kier alpha value is -3.54. The number of pyridine rings is 2. The van der Waals surface area contributed by atoms with E-state index in [0.717, 1.165) is 24.3 Å². The van der Waals surface area contributed by atoms with Crippen LogP contribution in [0.5, 0.6) is 0 Å². The van der Waals surface area contributed by atoms with Gasteiger partial charge in [-0.3, -0.25) is 9.78 Å². The van der Waals surface area contributed by atoms with Gasteiger partial charge in [0.05, 0.1) is 34.7 Å². The van der Waals surface area contributed by atoms with Crippen LogP contribution < -0.4 is 16.4 Å². The molecule has 1 aliphatic carbocycles. The number of fused-ring (bicyclic) bond motifs is 1. The van der Waals surface area contributed by atoms with Crippen LogP contribution in [-0.4, -0.2) is 50.8 Å². The monoisotopic (exact) mass is 527 g/mol. The minimum atomic E-state index is -1.14. The Morgan fingerprint density at radius 1 is 1.16 bits per heavy atom. The van der Waals surface area contributed by atoms with Gasteiger partial charge in [0, 0.05) is 41.9 Å². The number of amides is 1. The fourth-order valence-corrected chi connectivity index (χ4v) is 5.41. The highest BCUT2D eigenvalue weighted by molar-refractivity contribution is 6.00. The summed E-state index contributed by atoms with van der Waals surface area (Å²) in [6, 6.07) is 3.39. The molecule has 1 amide bonds. The molecule has 1 aliphatic heterocycles. The molecule has 1 aromatic carbocycles. The Morgan fingerprint density at radius 3 is 2.47 bits per heavy atom. The van der Waals surface area contributed by atoms with Crippen molar-refractivity contribution >= 4 is 11.6 Å². The Morgan fingerprint density at radius 2 is 1.84 bits per heavy atom. The van der Waals surface area contributed by atoms with Gasteiger partial charge < -0.3 is 26.6 Å². The smallest absolute Gasteiger partial charge is 0.267 e. The molecule has 11 heteroatoms. The number of aliphatic hydroxyl groups excluding tert-OH is 1. The van der Waals surface area contributed by atoms with Crippen LogP contribution in [-0.2, 0) is 6.42 Å². The molecule has 0 bridgehead atoms. The Labute approximate surface area is 217 Å². The molecule has 1 saturated heterocycles. The van der Waals surface area contributed by atoms with Crippen LogP contribution in [0.4, 0.5) is 18.9 Å². The van der Waals surface area contributed by atoms with Gasteiger partial charge in [-0.2, -0.15) is 0 Å². The molecule has 2 aromatic heterocycles. The van der Waals surface area contributed by atoms with E-state index in [2.05, 4.69) is 9.97 Å². The Balaban J connectivity index is 1.74. The number of piperidine rings is 1. The van der Waals surface area contributed by atoms with Gasteiger partial charge >= 0.3 is 0 Å². The first-order valence-electron chi connectivity index (χ1n) is 12.3. The molecule has 3 heterocycles. The van der Waals surface area contributed by atoms with Crippen LogP contribution >= 0.6 is 0 Å². The van der Waals surface area contributed by atoms with E-state index in [1.807, 2.05) is 11.8 Å². The molecule has 0 saturated carbocycles. The van der Waals surface area contributed by atoms with Crippen molar-refractivity contribution in [2.75, 3.05) is 18.0 Å². The summed E-state index contributed by atoms with van der Waals surface area (Å²) < 4.78 is 44.4. The normalized spacial score (nSPS) is 24.9. The number of hydrogen-bond acceptors (Lipinski definition) is 7. The highest BCUT2D eigenvalue weighted by Gasteiger charge is 2.43. The summed E-state index contributed by atoms with van der Waals surface area (Å²) in [5, 5.41) is 21.3. The summed E-state index contributed by atoms with van der Waals surface area (Å²) in [7, 11) is 0. The number of benzene rings is 1. The summed E-state index contributed by atoms with van der Waals surface area (Å²) in [5.41, 5.74) is 11.1. The van der Waals surface area contributed by atoms with Crippen molar-refractivity contribution in [3.8, 4) is 22.4 Å². The lowest BCUT2D eigenvalue weighted by Crippen LogP contribution is -2.62. The molecule has 0 radical (unpaired) electrons. The third-order valence-corrected chi connectivity index (χ3v) is 7.84. The van der Waals surface area contributed by atoms with Crippen molar-refractivity contribution in [3.63, 3.8) is 0 Å². The van der Waals surface area contributed by atoms with Crippen LogP contribution in [0.2, 0.25) is 0 Å². The number of rotatable bonds is 4. The molecule has 38 heavy (non-hydrogen) atoms. The zero-order valence-electron chi connectivity index (χ0n) is 20.9. The standard InChI is InChI=1S/C27H28F3N5O3/c1-12-10-35(11-20(31)27(12,2)38)25-13-6-7-19(36)22(13)33-9-15(25)14-8-18(30)24(34-23(14)26(32)37)21-16(28)4-3-5-17(21)29/h3-5,8-9,12,19-20,36,38H,6-7,10-11,31H2,1-2H3,(H2,32,37)/t12-,19?,20+,27?/m0/s1. The molecule has 8 nitrogen and oxygen atoms in total. The van der Waals surface area contributed by atoms with Gasteiger partial charge in [0.15, 0.2) is 0 Å². The number of nitrogens with zero attached hydrogens (tertiary/aromatic N) is 3. The van der Waals surface area contributed by atoms with E-state index < -0.39 is 58.1 Å². The fraction of sp³-hybridized carbons (Fsp3) is 0.370. The predicted octanol–water partition coefficient (Wildman–Crippen LogP) is 2.84.